The molecule has 0 bridgehead atoms. The lowest BCUT2D eigenvalue weighted by atomic mass is 9.95. The molecule has 142 valence electrons. The number of aromatic nitrogens is 1. The summed E-state index contributed by atoms with van der Waals surface area (Å²) in [6.45, 7) is 8.76. The maximum atomic E-state index is 5.10. The van der Waals surface area contributed by atoms with Crippen molar-refractivity contribution < 1.29 is 0 Å². The van der Waals surface area contributed by atoms with Crippen LogP contribution < -0.4 is 4.90 Å². The van der Waals surface area contributed by atoms with Crippen LogP contribution in [0.5, 0.6) is 0 Å². The van der Waals surface area contributed by atoms with Crippen molar-refractivity contribution in [3.63, 3.8) is 0 Å². The van der Waals surface area contributed by atoms with Crippen LogP contribution in [0.3, 0.4) is 0 Å². The van der Waals surface area contributed by atoms with Gasteiger partial charge in [0.1, 0.15) is 6.04 Å². The van der Waals surface area contributed by atoms with Gasteiger partial charge in [-0.3, -0.25) is 9.98 Å². The third-order valence-corrected chi connectivity index (χ3v) is 6.82. The topological polar surface area (TPSA) is 31.7 Å². The van der Waals surface area contributed by atoms with Gasteiger partial charge in [-0.15, -0.1) is 0 Å². The molecule has 2 aromatic rings. The number of amidine groups is 1. The maximum absolute atomic E-state index is 5.10. The Hall–Kier alpha value is -2.01. The van der Waals surface area contributed by atoms with E-state index in [9.17, 15) is 0 Å². The van der Waals surface area contributed by atoms with Gasteiger partial charge in [0.05, 0.1) is 11.7 Å². The molecule has 0 unspecified atom stereocenters. The predicted octanol–water partition coefficient (Wildman–Crippen LogP) is 4.91. The fourth-order valence-electron chi connectivity index (χ4n) is 4.18. The van der Waals surface area contributed by atoms with E-state index in [-0.39, 0.29) is 12.1 Å². The number of nitrogens with zero attached hydrogens (tertiary/aromatic N) is 4. The summed E-state index contributed by atoms with van der Waals surface area (Å²) in [4.78, 5) is 14.7. The van der Waals surface area contributed by atoms with E-state index >= 15 is 0 Å². The van der Waals surface area contributed by atoms with Crippen LogP contribution in [-0.2, 0) is 0 Å². The number of aliphatic imine (C=N–C) groups is 1. The SMILES string of the molecule is CC[C@@H]1CSC2=N[C@H](c3ccccn3)[C@H](c3ccc(N(CC)CC)cc3)N21. The Morgan fingerprint density at radius 2 is 1.85 bits per heavy atom. The van der Waals surface area contributed by atoms with E-state index in [2.05, 4.69) is 72.0 Å². The molecule has 27 heavy (non-hydrogen) atoms. The highest BCUT2D eigenvalue weighted by molar-refractivity contribution is 8.14. The van der Waals surface area contributed by atoms with Gasteiger partial charge in [0.15, 0.2) is 5.17 Å². The van der Waals surface area contributed by atoms with Gasteiger partial charge in [-0.05, 0) is 50.1 Å². The maximum Gasteiger partial charge on any atom is 0.160 e. The predicted molar refractivity (Wildman–Crippen MR) is 116 cm³/mol. The molecule has 1 aromatic heterocycles. The highest BCUT2D eigenvalue weighted by Gasteiger charge is 2.45. The molecule has 0 saturated carbocycles. The summed E-state index contributed by atoms with van der Waals surface area (Å²) < 4.78 is 0. The molecule has 3 atom stereocenters. The normalized spacial score (nSPS) is 24.0. The molecule has 4 rings (SSSR count). The van der Waals surface area contributed by atoms with Crippen molar-refractivity contribution in [2.24, 2.45) is 4.99 Å². The molecule has 2 aliphatic heterocycles. The molecule has 1 aromatic carbocycles. The van der Waals surface area contributed by atoms with Crippen molar-refractivity contribution in [3.05, 3.63) is 59.9 Å². The summed E-state index contributed by atoms with van der Waals surface area (Å²) in [5, 5.41) is 1.19. The first-order chi connectivity index (χ1) is 13.3. The Bertz CT molecular complexity index is 786. The number of pyridine rings is 1. The summed E-state index contributed by atoms with van der Waals surface area (Å²) in [6, 6.07) is 16.1. The first kappa shape index (κ1) is 18.4. The lowest BCUT2D eigenvalue weighted by molar-refractivity contribution is 0.255. The molecular formula is C22H28N4S. The van der Waals surface area contributed by atoms with Gasteiger partial charge in [0.2, 0.25) is 0 Å². The number of benzene rings is 1. The molecule has 2 aliphatic rings. The van der Waals surface area contributed by atoms with Gasteiger partial charge in [0, 0.05) is 36.8 Å². The molecular weight excluding hydrogens is 352 g/mol. The Labute approximate surface area is 166 Å². The summed E-state index contributed by atoms with van der Waals surface area (Å²) in [5.74, 6) is 1.14. The molecule has 1 saturated heterocycles. The first-order valence-corrected chi connectivity index (χ1v) is 11.0. The van der Waals surface area contributed by atoms with Crippen LogP contribution in [0.25, 0.3) is 0 Å². The Kier molecular flexibility index (Phi) is 5.39. The van der Waals surface area contributed by atoms with Crippen LogP contribution in [0, 0.1) is 0 Å². The monoisotopic (exact) mass is 380 g/mol. The minimum atomic E-state index is 0.0716. The molecule has 0 radical (unpaired) electrons. The van der Waals surface area contributed by atoms with E-state index in [4.69, 9.17) is 4.99 Å². The number of hydrogen-bond donors (Lipinski definition) is 0. The smallest absolute Gasteiger partial charge is 0.160 e. The zero-order chi connectivity index (χ0) is 18.8. The van der Waals surface area contributed by atoms with Crippen LogP contribution in [0.1, 0.15) is 50.5 Å². The second-order valence-electron chi connectivity index (χ2n) is 7.10. The molecule has 1 fully saturated rings. The fraction of sp³-hybridized carbons (Fsp3) is 0.455. The average molecular weight is 381 g/mol. The molecule has 0 N–H and O–H groups in total. The van der Waals surface area contributed by atoms with Crippen LogP contribution in [0.15, 0.2) is 53.7 Å². The van der Waals surface area contributed by atoms with Crippen LogP contribution in [-0.4, -0.2) is 39.9 Å². The largest absolute Gasteiger partial charge is 0.372 e. The molecule has 3 heterocycles. The highest BCUT2D eigenvalue weighted by atomic mass is 32.2. The summed E-state index contributed by atoms with van der Waals surface area (Å²) in [7, 11) is 0. The van der Waals surface area contributed by atoms with Crippen molar-refractivity contribution in [2.45, 2.75) is 45.3 Å². The molecule has 5 heteroatoms. The number of rotatable bonds is 6. The lowest BCUT2D eigenvalue weighted by Gasteiger charge is -2.32. The van der Waals surface area contributed by atoms with Crippen LogP contribution >= 0.6 is 11.8 Å². The highest BCUT2D eigenvalue weighted by Crippen LogP contribution is 2.48. The van der Waals surface area contributed by atoms with Gasteiger partial charge < -0.3 is 9.80 Å². The van der Waals surface area contributed by atoms with Crippen LogP contribution in [0.2, 0.25) is 0 Å². The second-order valence-corrected chi connectivity index (χ2v) is 8.09. The molecule has 0 amide bonds. The Morgan fingerprint density at radius 3 is 2.48 bits per heavy atom. The third-order valence-electron chi connectivity index (χ3n) is 5.69. The van der Waals surface area contributed by atoms with E-state index in [1.165, 1.54) is 16.4 Å². The van der Waals surface area contributed by atoms with Crippen molar-refractivity contribution in [3.8, 4) is 0 Å². The lowest BCUT2D eigenvalue weighted by Crippen LogP contribution is -2.35. The number of anilines is 1. The van der Waals surface area contributed by atoms with Gasteiger partial charge >= 0.3 is 0 Å². The van der Waals surface area contributed by atoms with Gasteiger partial charge in [-0.2, -0.15) is 0 Å². The van der Waals surface area contributed by atoms with Gasteiger partial charge in [-0.1, -0.05) is 36.9 Å². The number of hydrogen-bond acceptors (Lipinski definition) is 5. The molecule has 0 spiro atoms. The minimum absolute atomic E-state index is 0.0716. The van der Waals surface area contributed by atoms with Gasteiger partial charge in [0.25, 0.3) is 0 Å². The van der Waals surface area contributed by atoms with Crippen LogP contribution in [0.4, 0.5) is 5.69 Å². The Balaban J connectivity index is 1.71. The summed E-state index contributed by atoms with van der Waals surface area (Å²) in [5.41, 5.74) is 3.69. The number of thioether (sulfide) groups is 1. The van der Waals surface area contributed by atoms with E-state index in [1.807, 2.05) is 24.0 Å². The molecule has 0 aliphatic carbocycles. The van der Waals surface area contributed by atoms with E-state index in [1.54, 1.807) is 0 Å². The van der Waals surface area contributed by atoms with E-state index in [0.29, 0.717) is 6.04 Å². The third kappa shape index (κ3) is 3.33. The zero-order valence-electron chi connectivity index (χ0n) is 16.4. The molecule has 4 nitrogen and oxygen atoms in total. The number of fused-ring (bicyclic) bond motifs is 1. The second kappa shape index (κ2) is 7.93. The van der Waals surface area contributed by atoms with Crippen molar-refractivity contribution >= 4 is 22.6 Å². The Morgan fingerprint density at radius 1 is 1.07 bits per heavy atom. The minimum Gasteiger partial charge on any atom is -0.372 e. The fourth-order valence-corrected chi connectivity index (χ4v) is 5.52. The quantitative estimate of drug-likeness (QED) is 0.713. The van der Waals surface area contributed by atoms with Crippen molar-refractivity contribution in [1.29, 1.82) is 0 Å². The van der Waals surface area contributed by atoms with E-state index < -0.39 is 0 Å². The van der Waals surface area contributed by atoms with Gasteiger partial charge in [-0.25, -0.2) is 0 Å². The van der Waals surface area contributed by atoms with E-state index in [0.717, 1.165) is 31.0 Å². The van der Waals surface area contributed by atoms with Crippen molar-refractivity contribution in [2.75, 3.05) is 23.7 Å². The first-order valence-electron chi connectivity index (χ1n) is 10.0. The summed E-state index contributed by atoms with van der Waals surface area (Å²) >= 11 is 1.90. The summed E-state index contributed by atoms with van der Waals surface area (Å²) in [6.07, 6.45) is 3.03. The van der Waals surface area contributed by atoms with Crippen molar-refractivity contribution in [1.82, 2.24) is 9.88 Å². The average Bonchev–Trinajstić information content (AvgIpc) is 3.29. The standard InChI is InChI=1S/C22H28N4S/c1-4-17-15-27-22-24-20(19-9-7-8-14-23-19)21(26(17)22)16-10-12-18(13-11-16)25(5-2)6-3/h7-14,17,20-21H,4-6,15H2,1-3H3/t17-,20-,21+/m1/s1. The zero-order valence-corrected chi connectivity index (χ0v) is 17.2.